The number of aromatic nitrogens is 3. The summed E-state index contributed by atoms with van der Waals surface area (Å²) in [6.07, 6.45) is 4.13. The van der Waals surface area contributed by atoms with E-state index in [-0.39, 0.29) is 23.6 Å². The van der Waals surface area contributed by atoms with Gasteiger partial charge in [0.2, 0.25) is 5.78 Å². The van der Waals surface area contributed by atoms with Gasteiger partial charge in [-0.3, -0.25) is 23.8 Å². The summed E-state index contributed by atoms with van der Waals surface area (Å²) in [5.41, 5.74) is 8.38. The van der Waals surface area contributed by atoms with E-state index in [1.165, 1.54) is 23.0 Å². The Bertz CT molecular complexity index is 1770. The number of primary amides is 1. The maximum atomic E-state index is 13.7. The van der Waals surface area contributed by atoms with Crippen LogP contribution >= 0.6 is 0 Å². The van der Waals surface area contributed by atoms with Crippen molar-refractivity contribution in [1.29, 1.82) is 0 Å². The highest BCUT2D eigenvalue weighted by atomic mass is 32.2. The molecule has 0 radical (unpaired) electrons. The molecule has 1 saturated heterocycles. The summed E-state index contributed by atoms with van der Waals surface area (Å²) < 4.78 is 46.5. The summed E-state index contributed by atoms with van der Waals surface area (Å²) in [6, 6.07) is 17.0. The largest absolute Gasteiger partial charge is 0.379 e. The highest BCUT2D eigenvalue weighted by Crippen LogP contribution is 2.26. The second kappa shape index (κ2) is 15.4. The van der Waals surface area contributed by atoms with Gasteiger partial charge in [0.1, 0.15) is 11.9 Å². The number of Topliss-reactive ketones (excluding diaryl/α,β-unsaturated/α-hetero) is 1. The second-order valence-electron chi connectivity index (χ2n) is 10.4. The van der Waals surface area contributed by atoms with Gasteiger partial charge in [-0.1, -0.05) is 30.3 Å². The number of pyridine rings is 1. The Balaban J connectivity index is 0.000000892. The maximum absolute atomic E-state index is 13.7. The van der Waals surface area contributed by atoms with Crippen molar-refractivity contribution in [3.05, 3.63) is 102 Å². The van der Waals surface area contributed by atoms with Gasteiger partial charge in [0.25, 0.3) is 21.9 Å². The third-order valence-electron chi connectivity index (χ3n) is 6.80. The molecule has 15 heteroatoms. The second-order valence-corrected chi connectivity index (χ2v) is 11.9. The summed E-state index contributed by atoms with van der Waals surface area (Å²) in [4.78, 5) is 44.6. The zero-order valence-corrected chi connectivity index (χ0v) is 25.7. The van der Waals surface area contributed by atoms with E-state index in [9.17, 15) is 27.2 Å². The van der Waals surface area contributed by atoms with Gasteiger partial charge < -0.3 is 15.8 Å². The van der Waals surface area contributed by atoms with Crippen LogP contribution in [0.25, 0.3) is 17.1 Å². The Kier molecular flexibility index (Phi) is 11.4. The molecule has 2 aromatic heterocycles. The van der Waals surface area contributed by atoms with Crippen molar-refractivity contribution in [3.63, 3.8) is 0 Å². The summed E-state index contributed by atoms with van der Waals surface area (Å²) in [5, 5.41) is 7.42. The lowest BCUT2D eigenvalue weighted by atomic mass is 10.0. The summed E-state index contributed by atoms with van der Waals surface area (Å²) in [6.45, 7) is 3.32. The molecule has 3 heterocycles. The molecule has 0 bridgehead atoms. The van der Waals surface area contributed by atoms with Gasteiger partial charge in [-0.15, -0.1) is 0 Å². The molecule has 1 atom stereocenters. The molecule has 0 spiro atoms. The van der Waals surface area contributed by atoms with Crippen LogP contribution < -0.4 is 11.1 Å². The Morgan fingerprint density at radius 2 is 1.70 bits per heavy atom. The van der Waals surface area contributed by atoms with Crippen LogP contribution in [0.15, 0.2) is 79.1 Å². The van der Waals surface area contributed by atoms with Crippen LogP contribution in [0.3, 0.4) is 0 Å². The molecule has 2 aromatic carbocycles. The molecule has 4 N–H and O–H groups in total. The number of nitrogens with two attached hydrogens (primary N) is 1. The van der Waals surface area contributed by atoms with Crippen molar-refractivity contribution >= 4 is 27.7 Å². The average molecular weight is 653 g/mol. The predicted molar refractivity (Wildman–Crippen MR) is 166 cm³/mol. The molecule has 1 aliphatic heterocycles. The number of hydrogen-bond acceptors (Lipinski definition) is 9. The van der Waals surface area contributed by atoms with E-state index in [4.69, 9.17) is 20.1 Å². The van der Waals surface area contributed by atoms with Crippen molar-refractivity contribution in [2.24, 2.45) is 5.73 Å². The van der Waals surface area contributed by atoms with Crippen LogP contribution in [-0.2, 0) is 37.4 Å². The van der Waals surface area contributed by atoms with Crippen LogP contribution in [0, 0.1) is 5.82 Å². The fraction of sp³-hybridized carbons (Fsp3) is 0.258. The Hall–Kier alpha value is -4.83. The van der Waals surface area contributed by atoms with Crippen molar-refractivity contribution < 1.29 is 36.5 Å². The SMILES string of the molecule is CS(=O)(=O)O.NC(=O)C(=O)C(Cc1ccccc1)NC(=O)c1cccnc1-n1cc(CN2CCOCC2)c(-c2ccc(F)cc2)n1. The molecule has 1 unspecified atom stereocenters. The number of morpholine rings is 1. The minimum absolute atomic E-state index is 0.0874. The van der Waals surface area contributed by atoms with E-state index in [0.717, 1.165) is 24.2 Å². The Morgan fingerprint density at radius 1 is 1.04 bits per heavy atom. The normalized spacial score (nSPS) is 14.1. The monoisotopic (exact) mass is 652 g/mol. The van der Waals surface area contributed by atoms with Crippen molar-refractivity contribution in [1.82, 2.24) is 25.0 Å². The first kappa shape index (κ1) is 34.1. The first-order valence-electron chi connectivity index (χ1n) is 14.1. The van der Waals surface area contributed by atoms with Gasteiger partial charge in [0, 0.05) is 49.6 Å². The molecular weight excluding hydrogens is 619 g/mol. The van der Waals surface area contributed by atoms with Gasteiger partial charge in [-0.2, -0.15) is 13.5 Å². The number of ketones is 1. The van der Waals surface area contributed by atoms with E-state index >= 15 is 0 Å². The number of ether oxygens (including phenoxy) is 1. The molecule has 1 aliphatic rings. The van der Waals surface area contributed by atoms with E-state index < -0.39 is 33.8 Å². The number of carbonyl (C=O) groups excluding carboxylic acids is 3. The predicted octanol–water partition coefficient (Wildman–Crippen LogP) is 1.81. The first-order valence-corrected chi connectivity index (χ1v) is 15.9. The molecular formula is C31H33FN6O7S. The fourth-order valence-electron chi connectivity index (χ4n) is 4.71. The molecule has 5 rings (SSSR count). The van der Waals surface area contributed by atoms with Crippen LogP contribution in [0.5, 0.6) is 0 Å². The zero-order chi connectivity index (χ0) is 33.3. The number of rotatable bonds is 10. The lowest BCUT2D eigenvalue weighted by Crippen LogP contribution is -2.47. The van der Waals surface area contributed by atoms with Gasteiger partial charge in [0.15, 0.2) is 5.82 Å². The molecule has 2 amide bonds. The Labute approximate surface area is 264 Å². The quantitative estimate of drug-likeness (QED) is 0.168. The van der Waals surface area contributed by atoms with E-state index in [2.05, 4.69) is 15.2 Å². The number of amides is 2. The number of nitrogens with one attached hydrogen (secondary N) is 1. The number of carbonyl (C=O) groups is 3. The molecule has 46 heavy (non-hydrogen) atoms. The number of nitrogens with zero attached hydrogens (tertiary/aromatic N) is 4. The number of hydrogen-bond donors (Lipinski definition) is 3. The zero-order valence-electron chi connectivity index (χ0n) is 24.9. The minimum Gasteiger partial charge on any atom is -0.379 e. The summed E-state index contributed by atoms with van der Waals surface area (Å²) in [7, 11) is -3.67. The van der Waals surface area contributed by atoms with Gasteiger partial charge >= 0.3 is 0 Å². The third kappa shape index (κ3) is 9.84. The fourth-order valence-corrected chi connectivity index (χ4v) is 4.71. The highest BCUT2D eigenvalue weighted by molar-refractivity contribution is 7.85. The van der Waals surface area contributed by atoms with E-state index in [0.29, 0.717) is 37.3 Å². The molecule has 0 saturated carbocycles. The third-order valence-corrected chi connectivity index (χ3v) is 6.80. The minimum atomic E-state index is -3.67. The van der Waals surface area contributed by atoms with Gasteiger partial charge in [0.05, 0.1) is 30.7 Å². The lowest BCUT2D eigenvalue weighted by molar-refractivity contribution is -0.137. The van der Waals surface area contributed by atoms with Gasteiger partial charge in [-0.05, 0) is 42.0 Å². The van der Waals surface area contributed by atoms with E-state index in [1.54, 1.807) is 54.7 Å². The standard InChI is InChI=1S/C30H29FN6O4.CH4O3S/c31-23-10-8-21(9-11-23)26-22(18-36-13-15-41-16-14-36)19-37(35-26)29-24(7-4-12-33-29)30(40)34-25(27(38)28(32)39)17-20-5-2-1-3-6-20;1-5(2,3)4/h1-12,19,25H,13-18H2,(H2,32,39)(H,34,40);1H3,(H,2,3,4). The molecule has 242 valence electrons. The molecule has 4 aromatic rings. The highest BCUT2D eigenvalue weighted by Gasteiger charge is 2.28. The van der Waals surface area contributed by atoms with Crippen LogP contribution in [0.4, 0.5) is 4.39 Å². The molecule has 1 fully saturated rings. The van der Waals surface area contributed by atoms with Crippen molar-refractivity contribution in [2.75, 3.05) is 32.6 Å². The van der Waals surface area contributed by atoms with Crippen molar-refractivity contribution in [3.8, 4) is 17.1 Å². The number of halogens is 1. The smallest absolute Gasteiger partial charge is 0.287 e. The lowest BCUT2D eigenvalue weighted by Gasteiger charge is -2.26. The number of benzene rings is 2. The van der Waals surface area contributed by atoms with Crippen LogP contribution in [0.1, 0.15) is 21.5 Å². The molecule has 0 aliphatic carbocycles. The first-order chi connectivity index (χ1) is 21.9. The topological polar surface area (TPSA) is 187 Å². The summed E-state index contributed by atoms with van der Waals surface area (Å²) in [5.74, 6) is -2.79. The van der Waals surface area contributed by atoms with Crippen molar-refractivity contribution in [2.45, 2.75) is 19.0 Å². The Morgan fingerprint density at radius 3 is 2.33 bits per heavy atom. The van der Waals surface area contributed by atoms with Gasteiger partial charge in [-0.25, -0.2) is 14.1 Å². The molecule has 13 nitrogen and oxygen atoms in total. The van der Waals surface area contributed by atoms with E-state index in [1.807, 2.05) is 6.07 Å². The summed E-state index contributed by atoms with van der Waals surface area (Å²) >= 11 is 0. The average Bonchev–Trinajstić information content (AvgIpc) is 3.44. The van der Waals surface area contributed by atoms with Crippen LogP contribution in [-0.4, -0.2) is 88.8 Å². The maximum Gasteiger partial charge on any atom is 0.287 e. The van der Waals surface area contributed by atoms with Crippen LogP contribution in [0.2, 0.25) is 0 Å².